The molecular weight excluding hydrogens is 260 g/mol. The summed E-state index contributed by atoms with van der Waals surface area (Å²) in [5, 5.41) is 0. The van der Waals surface area contributed by atoms with E-state index in [2.05, 4.69) is 4.90 Å². The van der Waals surface area contributed by atoms with Gasteiger partial charge in [0.2, 0.25) is 10.0 Å². The summed E-state index contributed by atoms with van der Waals surface area (Å²) < 4.78 is 26.3. The Kier molecular flexibility index (Phi) is 3.37. The van der Waals surface area contributed by atoms with Crippen LogP contribution >= 0.6 is 0 Å². The Hall–Kier alpha value is -0.910. The van der Waals surface area contributed by atoms with Crippen molar-refractivity contribution in [2.24, 2.45) is 0 Å². The van der Waals surface area contributed by atoms with Gasteiger partial charge in [-0.25, -0.2) is 8.42 Å². The molecule has 0 aliphatic carbocycles. The van der Waals surface area contributed by atoms with Crippen molar-refractivity contribution in [3.63, 3.8) is 0 Å². The number of hydrogen-bond acceptors (Lipinski definition) is 3. The van der Waals surface area contributed by atoms with Gasteiger partial charge in [0.1, 0.15) is 6.17 Å². The average Bonchev–Trinajstić information content (AvgIpc) is 2.99. The maximum Gasteiger partial charge on any atom is 0.215 e. The molecule has 104 valence electrons. The van der Waals surface area contributed by atoms with Crippen LogP contribution in [0.15, 0.2) is 30.3 Å². The first-order valence-corrected chi connectivity index (χ1v) is 8.54. The predicted octanol–water partition coefficient (Wildman–Crippen LogP) is 1.81. The second-order valence-corrected chi connectivity index (χ2v) is 7.50. The Morgan fingerprint density at radius 3 is 2.68 bits per heavy atom. The van der Waals surface area contributed by atoms with E-state index in [9.17, 15) is 8.42 Å². The first kappa shape index (κ1) is 13.1. The first-order chi connectivity index (χ1) is 9.13. The Morgan fingerprint density at radius 1 is 1.26 bits per heavy atom. The van der Waals surface area contributed by atoms with Crippen molar-refractivity contribution in [3.05, 3.63) is 35.9 Å². The lowest BCUT2D eigenvalue weighted by Crippen LogP contribution is -2.36. The van der Waals surface area contributed by atoms with Crippen LogP contribution in [0.3, 0.4) is 0 Å². The van der Waals surface area contributed by atoms with Gasteiger partial charge in [0.25, 0.3) is 0 Å². The van der Waals surface area contributed by atoms with E-state index in [1.165, 1.54) is 6.42 Å². The van der Waals surface area contributed by atoms with Gasteiger partial charge in [-0.1, -0.05) is 30.3 Å². The summed E-state index contributed by atoms with van der Waals surface area (Å²) in [6.45, 7) is 3.37. The first-order valence-electron chi connectivity index (χ1n) is 6.93. The third-order valence-electron chi connectivity index (χ3n) is 4.22. The molecule has 3 rings (SSSR count). The van der Waals surface area contributed by atoms with E-state index in [1.54, 1.807) is 11.2 Å². The van der Waals surface area contributed by atoms with Crippen molar-refractivity contribution in [3.8, 4) is 0 Å². The molecule has 0 radical (unpaired) electrons. The van der Waals surface area contributed by atoms with Crippen LogP contribution < -0.4 is 0 Å². The smallest absolute Gasteiger partial charge is 0.215 e. The molecule has 1 aromatic carbocycles. The molecule has 2 aliphatic heterocycles. The molecule has 1 aromatic rings. The van der Waals surface area contributed by atoms with Gasteiger partial charge in [0.05, 0.1) is 5.75 Å². The van der Waals surface area contributed by atoms with E-state index >= 15 is 0 Å². The van der Waals surface area contributed by atoms with Crippen molar-refractivity contribution < 1.29 is 8.42 Å². The van der Waals surface area contributed by atoms with Crippen molar-refractivity contribution >= 4 is 10.0 Å². The van der Waals surface area contributed by atoms with Gasteiger partial charge in [0, 0.05) is 19.1 Å². The van der Waals surface area contributed by atoms with Crippen LogP contribution in [0.2, 0.25) is 0 Å². The van der Waals surface area contributed by atoms with Crippen LogP contribution in [0, 0.1) is 0 Å². The standard InChI is InChI=1S/C14H20N2O2S/c1-2-19(17,18)16-11-13-9-6-10-15(13)14(16)12-7-4-3-5-8-12/h3-5,7-8,13-14H,2,6,9-11H2,1H3. The van der Waals surface area contributed by atoms with Crippen molar-refractivity contribution in [1.82, 2.24) is 9.21 Å². The largest absolute Gasteiger partial charge is 0.279 e. The third kappa shape index (κ3) is 2.20. The zero-order valence-electron chi connectivity index (χ0n) is 11.2. The maximum absolute atomic E-state index is 12.3. The predicted molar refractivity (Wildman–Crippen MR) is 75.1 cm³/mol. The van der Waals surface area contributed by atoms with Crippen LogP contribution in [-0.4, -0.2) is 42.5 Å². The highest BCUT2D eigenvalue weighted by Gasteiger charge is 2.46. The van der Waals surface area contributed by atoms with E-state index in [-0.39, 0.29) is 11.9 Å². The summed E-state index contributed by atoms with van der Waals surface area (Å²) in [6, 6.07) is 10.4. The molecular formula is C14H20N2O2S. The van der Waals surface area contributed by atoms with Crippen LogP contribution in [0.5, 0.6) is 0 Å². The lowest BCUT2D eigenvalue weighted by molar-refractivity contribution is 0.198. The second-order valence-electron chi connectivity index (χ2n) is 5.29. The summed E-state index contributed by atoms with van der Waals surface area (Å²) in [7, 11) is -3.15. The van der Waals surface area contributed by atoms with E-state index in [1.807, 2.05) is 30.3 Å². The zero-order valence-corrected chi connectivity index (χ0v) is 12.0. The SMILES string of the molecule is CCS(=O)(=O)N1CC2CCCN2C1c1ccccc1. The van der Waals surface area contributed by atoms with Gasteiger partial charge in [-0.2, -0.15) is 4.31 Å². The van der Waals surface area contributed by atoms with Gasteiger partial charge in [0.15, 0.2) is 0 Å². The molecule has 2 unspecified atom stereocenters. The second kappa shape index (κ2) is 4.89. The molecule has 2 saturated heterocycles. The van der Waals surface area contributed by atoms with E-state index < -0.39 is 10.0 Å². The highest BCUT2D eigenvalue weighted by molar-refractivity contribution is 7.89. The summed E-state index contributed by atoms with van der Waals surface area (Å²) in [6.07, 6.45) is 2.19. The third-order valence-corrected chi connectivity index (χ3v) is 6.01. The molecule has 2 fully saturated rings. The number of sulfonamides is 1. The fourth-order valence-corrected chi connectivity index (χ4v) is 4.54. The van der Waals surface area contributed by atoms with Crippen LogP contribution in [0.1, 0.15) is 31.5 Å². The van der Waals surface area contributed by atoms with Crippen LogP contribution in [0.25, 0.3) is 0 Å². The van der Waals surface area contributed by atoms with Gasteiger partial charge in [-0.15, -0.1) is 0 Å². The van der Waals surface area contributed by atoms with E-state index in [0.717, 1.165) is 18.5 Å². The fourth-order valence-electron chi connectivity index (χ4n) is 3.26. The van der Waals surface area contributed by atoms with Gasteiger partial charge in [-0.3, -0.25) is 4.90 Å². The molecule has 0 spiro atoms. The molecule has 0 aromatic heterocycles. The minimum absolute atomic E-state index is 0.0985. The molecule has 4 nitrogen and oxygen atoms in total. The molecule has 2 atom stereocenters. The van der Waals surface area contributed by atoms with Gasteiger partial charge < -0.3 is 0 Å². The molecule has 2 heterocycles. The Balaban J connectivity index is 2.01. The van der Waals surface area contributed by atoms with Gasteiger partial charge in [-0.05, 0) is 25.3 Å². The number of hydrogen-bond donors (Lipinski definition) is 0. The molecule has 0 saturated carbocycles. The Bertz CT molecular complexity index is 544. The minimum Gasteiger partial charge on any atom is -0.279 e. The minimum atomic E-state index is -3.15. The van der Waals surface area contributed by atoms with E-state index in [0.29, 0.717) is 12.6 Å². The molecule has 5 heteroatoms. The summed E-state index contributed by atoms with van der Waals surface area (Å²) >= 11 is 0. The summed E-state index contributed by atoms with van der Waals surface area (Å²) in [4.78, 5) is 2.35. The number of nitrogens with zero attached hydrogens (tertiary/aromatic N) is 2. The highest BCUT2D eigenvalue weighted by Crippen LogP contribution is 2.40. The van der Waals surface area contributed by atoms with Crippen molar-refractivity contribution in [1.29, 1.82) is 0 Å². The monoisotopic (exact) mass is 280 g/mol. The lowest BCUT2D eigenvalue weighted by atomic mass is 10.1. The Labute approximate surface area is 115 Å². The van der Waals surface area contributed by atoms with E-state index in [4.69, 9.17) is 0 Å². The lowest BCUT2D eigenvalue weighted by Gasteiger charge is -2.29. The molecule has 0 amide bonds. The van der Waals surface area contributed by atoms with Crippen molar-refractivity contribution in [2.45, 2.75) is 32.0 Å². The number of rotatable bonds is 3. The topological polar surface area (TPSA) is 40.6 Å². The van der Waals surface area contributed by atoms with Crippen LogP contribution in [-0.2, 0) is 10.0 Å². The van der Waals surface area contributed by atoms with Crippen LogP contribution in [0.4, 0.5) is 0 Å². The average molecular weight is 280 g/mol. The number of benzene rings is 1. The highest BCUT2D eigenvalue weighted by atomic mass is 32.2. The Morgan fingerprint density at radius 2 is 2.00 bits per heavy atom. The summed E-state index contributed by atoms with van der Waals surface area (Å²) in [5.41, 5.74) is 1.09. The quantitative estimate of drug-likeness (QED) is 0.848. The molecule has 2 aliphatic rings. The maximum atomic E-state index is 12.3. The molecule has 19 heavy (non-hydrogen) atoms. The molecule has 0 N–H and O–H groups in total. The zero-order chi connectivity index (χ0) is 13.5. The fraction of sp³-hybridized carbons (Fsp3) is 0.571. The summed E-state index contributed by atoms with van der Waals surface area (Å²) in [5.74, 6) is 0.177. The van der Waals surface area contributed by atoms with Gasteiger partial charge >= 0.3 is 0 Å². The normalized spacial score (nSPS) is 28.7. The van der Waals surface area contributed by atoms with Crippen molar-refractivity contribution in [2.75, 3.05) is 18.8 Å². The number of fused-ring (bicyclic) bond motifs is 1. The molecule has 0 bridgehead atoms.